The summed E-state index contributed by atoms with van der Waals surface area (Å²) < 4.78 is 0. The number of carbonyl (C=O) groups excluding carboxylic acids is 1. The van der Waals surface area contributed by atoms with Gasteiger partial charge in [-0.25, -0.2) is 9.78 Å². The van der Waals surface area contributed by atoms with Crippen molar-refractivity contribution in [3.63, 3.8) is 0 Å². The molecule has 2 saturated heterocycles. The molecular formula is C19H26N6O5S2. The number of nitrogens with one attached hydrogen (secondary N) is 2. The highest BCUT2D eigenvalue weighted by Gasteiger charge is 2.60. The Morgan fingerprint density at radius 1 is 1.38 bits per heavy atom. The summed E-state index contributed by atoms with van der Waals surface area (Å²) in [6.07, 6.45) is -0.0314. The normalized spacial score (nSPS) is 30.4. The van der Waals surface area contributed by atoms with E-state index in [1.165, 1.54) is 28.4 Å². The number of hydrogen-bond acceptors (Lipinski definition) is 10. The second kappa shape index (κ2) is 8.61. The number of fused-ring (bicyclic) bond motifs is 1. The molecule has 2 fully saturated rings. The van der Waals surface area contributed by atoms with Crippen LogP contribution in [0.15, 0.2) is 20.6 Å². The molecule has 1 amide bonds. The van der Waals surface area contributed by atoms with E-state index in [4.69, 9.17) is 11.5 Å². The fraction of sp³-hybridized carbons (Fsp3) is 0.579. The number of aromatic nitrogens is 2. The number of nitrogens with zero attached hydrogens (tertiary/aromatic N) is 2. The van der Waals surface area contributed by atoms with Crippen molar-refractivity contribution in [1.29, 1.82) is 0 Å². The summed E-state index contributed by atoms with van der Waals surface area (Å²) >= 11 is 2.86. The molecule has 4 heterocycles. The molecule has 1 aromatic heterocycles. The molecule has 3 aliphatic rings. The third kappa shape index (κ3) is 3.87. The lowest BCUT2D eigenvalue weighted by atomic mass is 9.79. The summed E-state index contributed by atoms with van der Waals surface area (Å²) in [7, 11) is 0. The molecule has 0 aliphatic carbocycles. The van der Waals surface area contributed by atoms with E-state index in [2.05, 4.69) is 15.3 Å². The van der Waals surface area contributed by atoms with Crippen molar-refractivity contribution < 1.29 is 19.8 Å². The number of hydrogen-bond donors (Lipinski definition) is 6. The fourth-order valence-corrected chi connectivity index (χ4v) is 7.04. The highest BCUT2D eigenvalue weighted by molar-refractivity contribution is 8.03. The predicted octanol–water partition coefficient (Wildman–Crippen LogP) is -0.356. The number of nitrogens with two attached hydrogens (primary N) is 2. The van der Waals surface area contributed by atoms with Crippen molar-refractivity contribution in [3.8, 4) is 0 Å². The Balaban J connectivity index is 1.40. The van der Waals surface area contributed by atoms with Crippen LogP contribution in [0.2, 0.25) is 0 Å². The van der Waals surface area contributed by atoms with Gasteiger partial charge in [-0.15, -0.1) is 11.8 Å². The average Bonchev–Trinajstić information content (AvgIpc) is 3.26. The molecule has 8 N–H and O–H groups in total. The van der Waals surface area contributed by atoms with Crippen LogP contribution < -0.4 is 22.3 Å². The van der Waals surface area contributed by atoms with Crippen molar-refractivity contribution in [2.24, 2.45) is 11.8 Å². The zero-order chi connectivity index (χ0) is 23.3. The number of carboxylic acids is 1. The molecule has 1 aromatic rings. The number of anilines is 2. The van der Waals surface area contributed by atoms with E-state index in [1.54, 1.807) is 6.92 Å². The second-order valence-corrected chi connectivity index (χ2v) is 10.7. The second-order valence-electron chi connectivity index (χ2n) is 8.33. The molecule has 0 radical (unpaired) electrons. The molecule has 0 unspecified atom stereocenters. The van der Waals surface area contributed by atoms with Crippen LogP contribution in [-0.2, 0) is 9.59 Å². The van der Waals surface area contributed by atoms with Crippen LogP contribution in [0.25, 0.3) is 0 Å². The number of nitrogen functional groups attached to an aromatic ring is 2. The largest absolute Gasteiger partial charge is 0.477 e. The third-order valence-corrected chi connectivity index (χ3v) is 8.72. The molecule has 3 aliphatic heterocycles. The minimum Gasteiger partial charge on any atom is -0.477 e. The number of aliphatic carboxylic acids is 1. The lowest BCUT2D eigenvalue weighted by Crippen LogP contribution is -2.63. The zero-order valence-corrected chi connectivity index (χ0v) is 19.2. The molecule has 32 heavy (non-hydrogen) atoms. The maximum absolute atomic E-state index is 12.5. The monoisotopic (exact) mass is 482 g/mol. The molecule has 0 bridgehead atoms. The number of thioether (sulfide) groups is 2. The van der Waals surface area contributed by atoms with Gasteiger partial charge in [-0.3, -0.25) is 14.6 Å². The van der Waals surface area contributed by atoms with Gasteiger partial charge in [0.2, 0.25) is 5.91 Å². The molecular weight excluding hydrogens is 456 g/mol. The van der Waals surface area contributed by atoms with Crippen molar-refractivity contribution in [3.05, 3.63) is 21.0 Å². The van der Waals surface area contributed by atoms with E-state index in [-0.39, 0.29) is 46.4 Å². The number of aromatic amines is 1. The Labute approximate surface area is 192 Å². The first-order valence-corrected chi connectivity index (χ1v) is 12.1. The van der Waals surface area contributed by atoms with Crippen LogP contribution >= 0.6 is 23.5 Å². The van der Waals surface area contributed by atoms with E-state index in [9.17, 15) is 24.6 Å². The number of H-pyrrole nitrogens is 1. The van der Waals surface area contributed by atoms with E-state index in [1.807, 2.05) is 6.92 Å². The molecule has 0 saturated carbocycles. The van der Waals surface area contributed by atoms with Gasteiger partial charge in [-0.1, -0.05) is 18.7 Å². The van der Waals surface area contributed by atoms with Crippen molar-refractivity contribution >= 4 is 46.9 Å². The lowest BCUT2D eigenvalue weighted by molar-refractivity contribution is -0.163. The summed E-state index contributed by atoms with van der Waals surface area (Å²) in [5.41, 5.74) is 10.7. The highest BCUT2D eigenvalue weighted by atomic mass is 32.2. The van der Waals surface area contributed by atoms with Crippen LogP contribution in [0.4, 0.5) is 11.5 Å². The molecule has 174 valence electrons. The van der Waals surface area contributed by atoms with Crippen molar-refractivity contribution in [1.82, 2.24) is 20.2 Å². The number of aliphatic hydroxyl groups is 1. The van der Waals surface area contributed by atoms with E-state index in [0.717, 1.165) is 6.42 Å². The summed E-state index contributed by atoms with van der Waals surface area (Å²) in [5.74, 6) is -1.52. The van der Waals surface area contributed by atoms with E-state index < -0.39 is 23.6 Å². The van der Waals surface area contributed by atoms with Gasteiger partial charge in [-0.05, 0) is 13.3 Å². The first-order chi connectivity index (χ1) is 15.1. The lowest BCUT2D eigenvalue weighted by Gasteiger charge is -2.46. The minimum absolute atomic E-state index is 0.00195. The van der Waals surface area contributed by atoms with Crippen LogP contribution in [0.1, 0.15) is 20.3 Å². The van der Waals surface area contributed by atoms with Crippen LogP contribution in [0.3, 0.4) is 0 Å². The van der Waals surface area contributed by atoms with Gasteiger partial charge in [-0.2, -0.15) is 0 Å². The summed E-state index contributed by atoms with van der Waals surface area (Å²) in [6, 6.07) is -0.174. The van der Waals surface area contributed by atoms with E-state index in [0.29, 0.717) is 22.4 Å². The Morgan fingerprint density at radius 3 is 2.72 bits per heavy atom. The molecule has 4 rings (SSSR count). The fourth-order valence-electron chi connectivity index (χ4n) is 4.58. The minimum atomic E-state index is -1.12. The Hall–Kier alpha value is -2.22. The van der Waals surface area contributed by atoms with Gasteiger partial charge in [0.05, 0.1) is 18.1 Å². The van der Waals surface area contributed by atoms with Gasteiger partial charge < -0.3 is 31.9 Å². The number of rotatable bonds is 7. The average molecular weight is 483 g/mol. The Kier molecular flexibility index (Phi) is 6.18. The summed E-state index contributed by atoms with van der Waals surface area (Å²) in [4.78, 5) is 44.9. The molecule has 11 nitrogen and oxygen atoms in total. The standard InChI is InChI=1S/C19H26N6O5S2/c1-6-12-10(7(2)26)17(28)25(12)13(18(29)30)14(6)32-9-3-8(22-4-9)5-31-19-23-15(21)11(20)16(27)24-19/h6-10,12,22,26H,3-5,20H2,1-2H3,(H,29,30)(H3,21,23,24,27)/t6-,7-,8+,9+,10-,12-/m1/s1. The number of carboxylic acid groups (broad SMARTS) is 1. The smallest absolute Gasteiger partial charge is 0.353 e. The van der Waals surface area contributed by atoms with Gasteiger partial charge in [0.25, 0.3) is 5.56 Å². The van der Waals surface area contributed by atoms with Crippen LogP contribution in [0, 0.1) is 11.8 Å². The quantitative estimate of drug-likeness (QED) is 0.169. The first kappa shape index (κ1) is 23.0. The van der Waals surface area contributed by atoms with Gasteiger partial charge in [0, 0.05) is 34.4 Å². The molecule has 0 spiro atoms. The van der Waals surface area contributed by atoms with Crippen LogP contribution in [-0.4, -0.2) is 72.7 Å². The Morgan fingerprint density at radius 2 is 2.09 bits per heavy atom. The van der Waals surface area contributed by atoms with Gasteiger partial charge in [0.1, 0.15) is 11.4 Å². The maximum atomic E-state index is 12.5. The highest BCUT2D eigenvalue weighted by Crippen LogP contribution is 2.51. The Bertz CT molecular complexity index is 1040. The van der Waals surface area contributed by atoms with Gasteiger partial charge in [0.15, 0.2) is 11.0 Å². The van der Waals surface area contributed by atoms with E-state index >= 15 is 0 Å². The molecule has 6 atom stereocenters. The molecule has 0 aromatic carbocycles. The number of amides is 1. The SMILES string of the molecule is C[C@@H](O)[C@H]1C(=O)N2C(C(=O)O)=C(S[C@@H]3CN[C@H](CSc4nc(N)c(N)c(=O)[nH]4)C3)[C@H](C)[C@H]12. The first-order valence-electron chi connectivity index (χ1n) is 10.3. The summed E-state index contributed by atoms with van der Waals surface area (Å²) in [5, 5.41) is 23.7. The van der Waals surface area contributed by atoms with Crippen molar-refractivity contribution in [2.75, 3.05) is 23.8 Å². The van der Waals surface area contributed by atoms with Gasteiger partial charge >= 0.3 is 5.97 Å². The predicted molar refractivity (Wildman–Crippen MR) is 122 cm³/mol. The van der Waals surface area contributed by atoms with Crippen molar-refractivity contribution in [2.45, 2.75) is 48.9 Å². The summed E-state index contributed by atoms with van der Waals surface area (Å²) in [6.45, 7) is 4.17. The topological polar surface area (TPSA) is 188 Å². The number of carbonyl (C=O) groups is 2. The third-order valence-electron chi connectivity index (χ3n) is 6.17. The molecule has 13 heteroatoms. The zero-order valence-electron chi connectivity index (χ0n) is 17.6. The van der Waals surface area contributed by atoms with Crippen LogP contribution in [0.5, 0.6) is 0 Å². The maximum Gasteiger partial charge on any atom is 0.353 e. The number of β-lactam (4-membered cyclic amide) rings is 1. The number of aliphatic hydroxyl groups excluding tert-OH is 1.